The van der Waals surface area contributed by atoms with Crippen LogP contribution in [-0.4, -0.2) is 24.2 Å². The molecule has 1 heterocycles. The predicted molar refractivity (Wildman–Crippen MR) is 69.5 cm³/mol. The third kappa shape index (κ3) is 3.12. The van der Waals surface area contributed by atoms with Gasteiger partial charge in [0.25, 0.3) is 0 Å². The van der Waals surface area contributed by atoms with Crippen molar-refractivity contribution < 1.29 is 18.6 Å². The summed E-state index contributed by atoms with van der Waals surface area (Å²) in [5.74, 6) is -0.0347. The molecule has 2 aromatic rings. The van der Waals surface area contributed by atoms with Crippen LogP contribution in [-0.2, 0) is 6.54 Å². The number of nitrogens with zero attached hydrogens (tertiary/aromatic N) is 2. The largest absolute Gasteiger partial charge is 0.481 e. The molecule has 0 unspecified atom stereocenters. The second-order valence-corrected chi connectivity index (χ2v) is 3.81. The van der Waals surface area contributed by atoms with Crippen LogP contribution < -0.4 is 19.9 Å². The zero-order valence-corrected chi connectivity index (χ0v) is 11.1. The Morgan fingerprint density at radius 1 is 1.10 bits per heavy atom. The molecule has 0 spiro atoms. The predicted octanol–water partition coefficient (Wildman–Crippen LogP) is 1.88. The molecule has 0 aliphatic rings. The van der Waals surface area contributed by atoms with Gasteiger partial charge in [-0.15, -0.1) is 0 Å². The molecule has 0 fully saturated rings. The fourth-order valence-electron chi connectivity index (χ4n) is 1.49. The molecular formula is C13H14FN3O3. The van der Waals surface area contributed by atoms with Gasteiger partial charge in [-0.1, -0.05) is 6.07 Å². The number of hydrogen-bond acceptors (Lipinski definition) is 6. The van der Waals surface area contributed by atoms with Gasteiger partial charge in [-0.2, -0.15) is 9.97 Å². The molecule has 0 saturated carbocycles. The molecule has 20 heavy (non-hydrogen) atoms. The summed E-state index contributed by atoms with van der Waals surface area (Å²) in [6.07, 6.45) is 0. The Morgan fingerprint density at radius 3 is 2.25 bits per heavy atom. The molecule has 0 radical (unpaired) electrons. The number of nitrogens with two attached hydrogens (primary N) is 1. The maximum Gasteiger partial charge on any atom is 0.328 e. The maximum atomic E-state index is 13.8. The van der Waals surface area contributed by atoms with Crippen molar-refractivity contribution in [1.29, 1.82) is 0 Å². The summed E-state index contributed by atoms with van der Waals surface area (Å²) in [6, 6.07) is 5.84. The molecule has 6 nitrogen and oxygen atoms in total. The molecule has 0 aliphatic heterocycles. The van der Waals surface area contributed by atoms with Gasteiger partial charge in [-0.05, 0) is 17.7 Å². The van der Waals surface area contributed by atoms with E-state index in [1.807, 2.05) is 0 Å². The van der Waals surface area contributed by atoms with E-state index in [1.165, 1.54) is 32.4 Å². The van der Waals surface area contributed by atoms with Crippen LogP contribution in [0.3, 0.4) is 0 Å². The van der Waals surface area contributed by atoms with E-state index in [9.17, 15) is 4.39 Å². The average Bonchev–Trinajstić information content (AvgIpc) is 2.48. The van der Waals surface area contributed by atoms with Crippen LogP contribution in [0.4, 0.5) is 4.39 Å². The van der Waals surface area contributed by atoms with Crippen molar-refractivity contribution in [3.8, 4) is 23.5 Å². The third-order valence-electron chi connectivity index (χ3n) is 2.51. The zero-order chi connectivity index (χ0) is 14.5. The highest BCUT2D eigenvalue weighted by atomic mass is 19.1. The van der Waals surface area contributed by atoms with Crippen LogP contribution in [0.25, 0.3) is 0 Å². The lowest BCUT2D eigenvalue weighted by molar-refractivity contribution is 0.343. The summed E-state index contributed by atoms with van der Waals surface area (Å²) in [6.45, 7) is 0.251. The smallest absolute Gasteiger partial charge is 0.328 e. The Labute approximate surface area is 115 Å². The van der Waals surface area contributed by atoms with Gasteiger partial charge in [0.05, 0.1) is 20.3 Å². The number of benzene rings is 1. The van der Waals surface area contributed by atoms with Gasteiger partial charge in [0, 0.05) is 6.54 Å². The zero-order valence-electron chi connectivity index (χ0n) is 11.1. The number of methoxy groups -OCH3 is 2. The van der Waals surface area contributed by atoms with Gasteiger partial charge < -0.3 is 19.9 Å². The first-order valence-electron chi connectivity index (χ1n) is 5.79. The number of rotatable bonds is 5. The molecule has 1 aromatic heterocycles. The Balaban J connectivity index is 2.29. The van der Waals surface area contributed by atoms with E-state index in [4.69, 9.17) is 19.9 Å². The van der Waals surface area contributed by atoms with Gasteiger partial charge in [-0.3, -0.25) is 0 Å². The normalized spacial score (nSPS) is 10.2. The number of ether oxygens (including phenoxy) is 3. The standard InChI is InChI=1S/C13H14FN3O3/c1-18-11-6-12(19-2)17-13(16-11)20-10-4-3-8(7-15)5-9(10)14/h3-6H,7,15H2,1-2H3. The summed E-state index contributed by atoms with van der Waals surface area (Å²) in [7, 11) is 2.89. The van der Waals surface area contributed by atoms with Crippen LogP contribution in [0.1, 0.15) is 5.56 Å². The Bertz CT molecular complexity index is 585. The first-order chi connectivity index (χ1) is 9.66. The molecule has 2 N–H and O–H groups in total. The van der Waals surface area contributed by atoms with Crippen molar-refractivity contribution in [2.75, 3.05) is 14.2 Å². The number of aromatic nitrogens is 2. The van der Waals surface area contributed by atoms with Crippen LogP contribution in [0.5, 0.6) is 23.5 Å². The number of halogens is 1. The lowest BCUT2D eigenvalue weighted by atomic mass is 10.2. The van der Waals surface area contributed by atoms with Crippen molar-refractivity contribution in [1.82, 2.24) is 9.97 Å². The second kappa shape index (κ2) is 6.16. The highest BCUT2D eigenvalue weighted by molar-refractivity contribution is 5.32. The summed E-state index contributed by atoms with van der Waals surface area (Å²) >= 11 is 0. The lowest BCUT2D eigenvalue weighted by Crippen LogP contribution is -2.00. The van der Waals surface area contributed by atoms with Crippen LogP contribution in [0, 0.1) is 5.82 Å². The topological polar surface area (TPSA) is 79.5 Å². The fraction of sp³-hybridized carbons (Fsp3) is 0.231. The molecule has 0 saturated heterocycles. The minimum Gasteiger partial charge on any atom is -0.481 e. The summed E-state index contributed by atoms with van der Waals surface area (Å²) in [4.78, 5) is 7.90. The molecule has 1 aromatic carbocycles. The SMILES string of the molecule is COc1cc(OC)nc(Oc2ccc(CN)cc2F)n1. The molecule has 0 atom stereocenters. The van der Waals surface area contributed by atoms with Gasteiger partial charge in [0.15, 0.2) is 11.6 Å². The Morgan fingerprint density at radius 2 is 1.75 bits per heavy atom. The summed E-state index contributed by atoms with van der Waals surface area (Å²) in [5.41, 5.74) is 6.10. The molecule has 0 amide bonds. The van der Waals surface area contributed by atoms with E-state index in [0.717, 1.165) is 0 Å². The monoisotopic (exact) mass is 279 g/mol. The quantitative estimate of drug-likeness (QED) is 0.900. The highest BCUT2D eigenvalue weighted by Crippen LogP contribution is 2.26. The van der Waals surface area contributed by atoms with E-state index in [2.05, 4.69) is 9.97 Å². The number of hydrogen-bond donors (Lipinski definition) is 1. The van der Waals surface area contributed by atoms with E-state index in [-0.39, 0.29) is 30.1 Å². The summed E-state index contributed by atoms with van der Waals surface area (Å²) < 4.78 is 29.0. The molecule has 106 valence electrons. The van der Waals surface area contributed by atoms with E-state index in [1.54, 1.807) is 6.07 Å². The molecule has 0 bridgehead atoms. The average molecular weight is 279 g/mol. The van der Waals surface area contributed by atoms with Crippen LogP contribution in [0.2, 0.25) is 0 Å². The highest BCUT2D eigenvalue weighted by Gasteiger charge is 2.11. The van der Waals surface area contributed by atoms with E-state index >= 15 is 0 Å². The van der Waals surface area contributed by atoms with E-state index < -0.39 is 5.82 Å². The van der Waals surface area contributed by atoms with Gasteiger partial charge in [0.1, 0.15) is 0 Å². The van der Waals surface area contributed by atoms with Crippen molar-refractivity contribution in [3.05, 3.63) is 35.6 Å². The molecule has 0 aliphatic carbocycles. The molecular weight excluding hydrogens is 265 g/mol. The Hall–Kier alpha value is -2.41. The van der Waals surface area contributed by atoms with Crippen molar-refractivity contribution >= 4 is 0 Å². The molecule has 7 heteroatoms. The first kappa shape index (κ1) is 14.0. The summed E-state index contributed by atoms with van der Waals surface area (Å²) in [5, 5.41) is 0. The van der Waals surface area contributed by atoms with Crippen molar-refractivity contribution in [2.24, 2.45) is 5.73 Å². The fourth-order valence-corrected chi connectivity index (χ4v) is 1.49. The van der Waals surface area contributed by atoms with Crippen molar-refractivity contribution in [3.63, 3.8) is 0 Å². The third-order valence-corrected chi connectivity index (χ3v) is 2.51. The van der Waals surface area contributed by atoms with E-state index in [0.29, 0.717) is 5.56 Å². The maximum absolute atomic E-state index is 13.8. The second-order valence-electron chi connectivity index (χ2n) is 3.81. The van der Waals surface area contributed by atoms with Gasteiger partial charge in [0.2, 0.25) is 11.8 Å². The minimum absolute atomic E-state index is 0.00231. The minimum atomic E-state index is -0.543. The van der Waals surface area contributed by atoms with Gasteiger partial charge in [-0.25, -0.2) is 4.39 Å². The van der Waals surface area contributed by atoms with Gasteiger partial charge >= 0.3 is 6.01 Å². The van der Waals surface area contributed by atoms with Crippen LogP contribution >= 0.6 is 0 Å². The first-order valence-corrected chi connectivity index (χ1v) is 5.79. The lowest BCUT2D eigenvalue weighted by Gasteiger charge is -2.08. The molecule has 2 rings (SSSR count). The Kier molecular flexibility index (Phi) is 4.31. The van der Waals surface area contributed by atoms with Crippen molar-refractivity contribution in [2.45, 2.75) is 6.54 Å². The van der Waals surface area contributed by atoms with Crippen LogP contribution in [0.15, 0.2) is 24.3 Å².